The summed E-state index contributed by atoms with van der Waals surface area (Å²) in [4.78, 5) is 20.3. The van der Waals surface area contributed by atoms with E-state index in [1.54, 1.807) is 17.7 Å². The fourth-order valence-electron chi connectivity index (χ4n) is 2.44. The van der Waals surface area contributed by atoms with Crippen LogP contribution in [0.2, 0.25) is 0 Å². The highest BCUT2D eigenvalue weighted by Crippen LogP contribution is 2.30. The largest absolute Gasteiger partial charge is 0.481 e. The number of carbonyl (C=O) groups is 1. The Kier molecular flexibility index (Phi) is 2.87. The molecule has 6 heteroatoms. The molecule has 0 bridgehead atoms. The Bertz CT molecular complexity index is 583. The molecule has 0 amide bonds. The second kappa shape index (κ2) is 4.53. The van der Waals surface area contributed by atoms with Crippen LogP contribution in [0, 0.1) is 5.92 Å². The molecular formula is C12H13N3O2S. The van der Waals surface area contributed by atoms with Crippen LogP contribution in [0.1, 0.15) is 19.3 Å². The molecule has 1 saturated carbocycles. The maximum absolute atomic E-state index is 10.9. The molecule has 5 nitrogen and oxygen atoms in total. The maximum Gasteiger partial charge on any atom is 0.306 e. The van der Waals surface area contributed by atoms with E-state index in [1.807, 2.05) is 11.4 Å². The number of anilines is 1. The zero-order chi connectivity index (χ0) is 12.5. The average Bonchev–Trinajstić information content (AvgIpc) is 2.97. The Balaban J connectivity index is 1.77. The minimum Gasteiger partial charge on any atom is -0.481 e. The first kappa shape index (κ1) is 11.4. The van der Waals surface area contributed by atoms with Crippen molar-refractivity contribution in [3.05, 3.63) is 17.8 Å². The molecule has 1 aliphatic rings. The monoisotopic (exact) mass is 263 g/mol. The molecule has 0 aromatic carbocycles. The summed E-state index contributed by atoms with van der Waals surface area (Å²) in [5.74, 6) is -0.0951. The molecule has 2 unspecified atom stereocenters. The van der Waals surface area contributed by atoms with Gasteiger partial charge < -0.3 is 10.4 Å². The van der Waals surface area contributed by atoms with Crippen LogP contribution in [0.15, 0.2) is 17.8 Å². The summed E-state index contributed by atoms with van der Waals surface area (Å²) in [6, 6.07) is 2.19. The Morgan fingerprint density at radius 3 is 3.11 bits per heavy atom. The zero-order valence-electron chi connectivity index (χ0n) is 9.67. The van der Waals surface area contributed by atoms with Crippen molar-refractivity contribution in [2.45, 2.75) is 25.3 Å². The average molecular weight is 263 g/mol. The van der Waals surface area contributed by atoms with Gasteiger partial charge in [0.1, 0.15) is 17.0 Å². The van der Waals surface area contributed by atoms with E-state index in [4.69, 9.17) is 5.11 Å². The highest BCUT2D eigenvalue weighted by Gasteiger charge is 2.30. The molecule has 2 heterocycles. The summed E-state index contributed by atoms with van der Waals surface area (Å²) in [5, 5.41) is 15.3. The van der Waals surface area contributed by atoms with Crippen molar-refractivity contribution in [3.8, 4) is 0 Å². The molecule has 2 atom stereocenters. The predicted molar refractivity (Wildman–Crippen MR) is 69.8 cm³/mol. The van der Waals surface area contributed by atoms with Gasteiger partial charge in [0.2, 0.25) is 0 Å². The second-order valence-electron chi connectivity index (χ2n) is 4.55. The number of aliphatic carboxylic acids is 1. The lowest BCUT2D eigenvalue weighted by molar-refractivity contribution is -0.141. The number of nitrogens with one attached hydrogen (secondary N) is 1. The SMILES string of the molecule is O=C(O)C1CCC(Nc2ncnc3sccc23)C1. The number of thiophene rings is 1. The van der Waals surface area contributed by atoms with Crippen LogP contribution in [0.3, 0.4) is 0 Å². The van der Waals surface area contributed by atoms with E-state index in [2.05, 4.69) is 15.3 Å². The number of hydrogen-bond acceptors (Lipinski definition) is 5. The highest BCUT2D eigenvalue weighted by molar-refractivity contribution is 7.16. The lowest BCUT2D eigenvalue weighted by Crippen LogP contribution is -2.18. The number of fused-ring (bicyclic) bond motifs is 1. The van der Waals surface area contributed by atoms with E-state index in [-0.39, 0.29) is 12.0 Å². The van der Waals surface area contributed by atoms with Crippen LogP contribution in [0.25, 0.3) is 10.2 Å². The Morgan fingerprint density at radius 1 is 1.44 bits per heavy atom. The summed E-state index contributed by atoms with van der Waals surface area (Å²) < 4.78 is 0. The van der Waals surface area contributed by atoms with Crippen LogP contribution < -0.4 is 5.32 Å². The smallest absolute Gasteiger partial charge is 0.306 e. The first-order chi connectivity index (χ1) is 8.74. The van der Waals surface area contributed by atoms with Gasteiger partial charge in [-0.2, -0.15) is 0 Å². The van der Waals surface area contributed by atoms with Gasteiger partial charge in [0.05, 0.1) is 11.3 Å². The van der Waals surface area contributed by atoms with Crippen molar-refractivity contribution in [2.75, 3.05) is 5.32 Å². The third kappa shape index (κ3) is 2.03. The first-order valence-electron chi connectivity index (χ1n) is 5.91. The van der Waals surface area contributed by atoms with Gasteiger partial charge >= 0.3 is 5.97 Å². The maximum atomic E-state index is 10.9. The van der Waals surface area contributed by atoms with Crippen LogP contribution in [-0.4, -0.2) is 27.1 Å². The summed E-state index contributed by atoms with van der Waals surface area (Å²) in [6.45, 7) is 0. The summed E-state index contributed by atoms with van der Waals surface area (Å²) in [5.41, 5.74) is 0. The fourth-order valence-corrected chi connectivity index (χ4v) is 3.17. The molecule has 94 valence electrons. The quantitative estimate of drug-likeness (QED) is 0.889. The molecule has 0 spiro atoms. The van der Waals surface area contributed by atoms with E-state index in [0.717, 1.165) is 28.9 Å². The third-order valence-corrected chi connectivity index (χ3v) is 4.21. The lowest BCUT2D eigenvalue weighted by atomic mass is 10.1. The van der Waals surface area contributed by atoms with Gasteiger partial charge in [0, 0.05) is 6.04 Å². The van der Waals surface area contributed by atoms with E-state index in [9.17, 15) is 4.79 Å². The minimum absolute atomic E-state index is 0.198. The van der Waals surface area contributed by atoms with Gasteiger partial charge in [-0.15, -0.1) is 11.3 Å². The highest BCUT2D eigenvalue weighted by atomic mass is 32.1. The number of aromatic nitrogens is 2. The van der Waals surface area contributed by atoms with Crippen LogP contribution in [0.5, 0.6) is 0 Å². The summed E-state index contributed by atoms with van der Waals surface area (Å²) in [7, 11) is 0. The number of rotatable bonds is 3. The van der Waals surface area contributed by atoms with Crippen molar-refractivity contribution in [2.24, 2.45) is 5.92 Å². The lowest BCUT2D eigenvalue weighted by Gasteiger charge is -2.13. The minimum atomic E-state index is -0.692. The molecular weight excluding hydrogens is 250 g/mol. The zero-order valence-corrected chi connectivity index (χ0v) is 10.5. The van der Waals surface area contributed by atoms with E-state index in [0.29, 0.717) is 6.42 Å². The van der Waals surface area contributed by atoms with Crippen LogP contribution in [0.4, 0.5) is 5.82 Å². The topological polar surface area (TPSA) is 75.1 Å². The van der Waals surface area contributed by atoms with Crippen molar-refractivity contribution in [1.82, 2.24) is 9.97 Å². The molecule has 2 aromatic heterocycles. The van der Waals surface area contributed by atoms with Crippen LogP contribution in [-0.2, 0) is 4.79 Å². The van der Waals surface area contributed by atoms with Gasteiger partial charge in [-0.1, -0.05) is 0 Å². The van der Waals surface area contributed by atoms with E-state index in [1.165, 1.54) is 0 Å². The van der Waals surface area contributed by atoms with Crippen molar-refractivity contribution in [1.29, 1.82) is 0 Å². The Labute approximate surface area is 108 Å². The summed E-state index contributed by atoms with van der Waals surface area (Å²) in [6.07, 6.45) is 3.84. The Hall–Kier alpha value is -1.69. The molecule has 0 aliphatic heterocycles. The van der Waals surface area contributed by atoms with E-state index < -0.39 is 5.97 Å². The molecule has 0 saturated heterocycles. The molecule has 18 heavy (non-hydrogen) atoms. The predicted octanol–water partition coefficient (Wildman–Crippen LogP) is 2.36. The van der Waals surface area contributed by atoms with Gasteiger partial charge in [-0.05, 0) is 30.7 Å². The van der Waals surface area contributed by atoms with Crippen molar-refractivity contribution in [3.63, 3.8) is 0 Å². The molecule has 1 aliphatic carbocycles. The van der Waals surface area contributed by atoms with Crippen molar-refractivity contribution < 1.29 is 9.90 Å². The van der Waals surface area contributed by atoms with Crippen molar-refractivity contribution >= 4 is 33.3 Å². The van der Waals surface area contributed by atoms with Crippen LogP contribution >= 0.6 is 11.3 Å². The standard InChI is InChI=1S/C12H13N3O2S/c16-12(17)7-1-2-8(5-7)15-10-9-3-4-18-11(9)14-6-13-10/h3-4,6-8H,1-2,5H2,(H,16,17)(H,13,14,15). The van der Waals surface area contributed by atoms with Gasteiger partial charge in [0.25, 0.3) is 0 Å². The normalized spacial score (nSPS) is 23.3. The van der Waals surface area contributed by atoms with Gasteiger partial charge in [-0.25, -0.2) is 9.97 Å². The number of hydrogen-bond donors (Lipinski definition) is 2. The number of nitrogens with zero attached hydrogens (tertiary/aromatic N) is 2. The molecule has 0 radical (unpaired) electrons. The molecule has 3 rings (SSSR count). The van der Waals surface area contributed by atoms with Gasteiger partial charge in [-0.3, -0.25) is 4.79 Å². The third-order valence-electron chi connectivity index (χ3n) is 3.38. The Morgan fingerprint density at radius 2 is 2.33 bits per heavy atom. The second-order valence-corrected chi connectivity index (χ2v) is 5.45. The summed E-state index contributed by atoms with van der Waals surface area (Å²) >= 11 is 1.58. The molecule has 2 aromatic rings. The number of carboxylic acid groups (broad SMARTS) is 1. The molecule has 1 fully saturated rings. The number of carboxylic acids is 1. The molecule has 2 N–H and O–H groups in total. The fraction of sp³-hybridized carbons (Fsp3) is 0.417. The van der Waals surface area contributed by atoms with Gasteiger partial charge in [0.15, 0.2) is 0 Å². The first-order valence-corrected chi connectivity index (χ1v) is 6.79. The van der Waals surface area contributed by atoms with E-state index >= 15 is 0 Å².